The second kappa shape index (κ2) is 5.72. The first-order chi connectivity index (χ1) is 8.99. The molecule has 2 aromatic rings. The quantitative estimate of drug-likeness (QED) is 0.578. The van der Waals surface area contributed by atoms with Crippen LogP contribution in [0.3, 0.4) is 0 Å². The molecule has 0 amide bonds. The van der Waals surface area contributed by atoms with Crippen LogP contribution in [0.15, 0.2) is 42.5 Å². The van der Waals surface area contributed by atoms with E-state index in [0.29, 0.717) is 16.1 Å². The fourth-order valence-corrected chi connectivity index (χ4v) is 2.31. The Morgan fingerprint density at radius 3 is 2.37 bits per heavy atom. The van der Waals surface area contributed by atoms with Crippen LogP contribution in [0.2, 0.25) is 5.02 Å². The fourth-order valence-electron chi connectivity index (χ4n) is 1.82. The van der Waals surface area contributed by atoms with E-state index in [4.69, 9.17) is 23.2 Å². The Bertz CT molecular complexity index is 608. The van der Waals surface area contributed by atoms with Gasteiger partial charge in [0.1, 0.15) is 11.2 Å². The van der Waals surface area contributed by atoms with Gasteiger partial charge >= 0.3 is 0 Å². The topological polar surface area (TPSA) is 17.1 Å². The van der Waals surface area contributed by atoms with Gasteiger partial charge in [-0.2, -0.15) is 0 Å². The maximum atomic E-state index is 12.8. The first-order valence-corrected chi connectivity index (χ1v) is 6.50. The summed E-state index contributed by atoms with van der Waals surface area (Å²) in [5, 5.41) is -0.262. The Kier molecular flexibility index (Phi) is 4.23. The molecule has 2 rings (SSSR count). The molecule has 0 saturated carbocycles. The van der Waals surface area contributed by atoms with Gasteiger partial charge in [-0.25, -0.2) is 4.39 Å². The van der Waals surface area contributed by atoms with Gasteiger partial charge in [-0.3, -0.25) is 4.79 Å². The number of alkyl halides is 1. The molecule has 0 heterocycles. The molecule has 0 fully saturated rings. The molecule has 0 N–H and O–H groups in total. The maximum Gasteiger partial charge on any atom is 0.185 e. The molecule has 19 heavy (non-hydrogen) atoms. The first kappa shape index (κ1) is 14.0. The lowest BCUT2D eigenvalue weighted by atomic mass is 9.99. The summed E-state index contributed by atoms with van der Waals surface area (Å²) < 4.78 is 12.8. The predicted molar refractivity (Wildman–Crippen MR) is 75.5 cm³/mol. The molecule has 0 spiro atoms. The van der Waals surface area contributed by atoms with Gasteiger partial charge in [-0.1, -0.05) is 23.7 Å². The smallest absolute Gasteiger partial charge is 0.185 e. The van der Waals surface area contributed by atoms with Crippen molar-refractivity contribution in [3.8, 4) is 0 Å². The van der Waals surface area contributed by atoms with Crippen LogP contribution in [0, 0.1) is 12.7 Å². The lowest BCUT2D eigenvalue weighted by molar-refractivity contribution is 0.0986. The minimum atomic E-state index is -0.833. The highest BCUT2D eigenvalue weighted by Crippen LogP contribution is 2.27. The van der Waals surface area contributed by atoms with Crippen LogP contribution in [0.4, 0.5) is 4.39 Å². The van der Waals surface area contributed by atoms with Crippen LogP contribution in [-0.4, -0.2) is 5.78 Å². The highest BCUT2D eigenvalue weighted by atomic mass is 35.5. The zero-order chi connectivity index (χ0) is 14.0. The summed E-state index contributed by atoms with van der Waals surface area (Å²) in [7, 11) is 0. The van der Waals surface area contributed by atoms with Crippen molar-refractivity contribution in [1.82, 2.24) is 0 Å². The molecule has 1 atom stereocenters. The minimum absolute atomic E-state index is 0.220. The van der Waals surface area contributed by atoms with E-state index in [1.54, 1.807) is 25.1 Å². The highest BCUT2D eigenvalue weighted by molar-refractivity contribution is 6.34. The molecule has 1 nitrogen and oxygen atoms in total. The number of rotatable bonds is 3. The fraction of sp³-hybridized carbons (Fsp3) is 0.133. The highest BCUT2D eigenvalue weighted by Gasteiger charge is 2.21. The Morgan fingerprint density at radius 2 is 1.79 bits per heavy atom. The van der Waals surface area contributed by atoms with Gasteiger partial charge in [0.15, 0.2) is 5.78 Å². The van der Waals surface area contributed by atoms with Crippen LogP contribution in [-0.2, 0) is 0 Å². The van der Waals surface area contributed by atoms with Gasteiger partial charge in [-0.05, 0) is 48.4 Å². The standard InChI is InChI=1S/C15H11Cl2FO/c1-9-8-11(16)4-7-13(9)15(19)14(17)10-2-5-12(18)6-3-10/h2-8,14H,1H3. The van der Waals surface area contributed by atoms with E-state index >= 15 is 0 Å². The van der Waals surface area contributed by atoms with Crippen LogP contribution < -0.4 is 0 Å². The average Bonchev–Trinajstić information content (AvgIpc) is 2.38. The van der Waals surface area contributed by atoms with Gasteiger partial charge < -0.3 is 0 Å². The summed E-state index contributed by atoms with van der Waals surface area (Å²) in [5.74, 6) is -0.579. The van der Waals surface area contributed by atoms with Gasteiger partial charge in [0.05, 0.1) is 0 Å². The SMILES string of the molecule is Cc1cc(Cl)ccc1C(=O)C(Cl)c1ccc(F)cc1. The number of ketones is 1. The van der Waals surface area contributed by atoms with Crippen LogP contribution in [0.25, 0.3) is 0 Å². The second-order valence-corrected chi connectivity index (χ2v) is 5.11. The number of hydrogen-bond acceptors (Lipinski definition) is 1. The molecule has 0 radical (unpaired) electrons. The predicted octanol–water partition coefficient (Wildman–Crippen LogP) is 4.95. The Morgan fingerprint density at radius 1 is 1.16 bits per heavy atom. The number of aryl methyl sites for hydroxylation is 1. The number of halogens is 3. The Labute approximate surface area is 121 Å². The van der Waals surface area contributed by atoms with Crippen molar-refractivity contribution in [3.05, 3.63) is 70.0 Å². The number of carbonyl (C=O) groups is 1. The van der Waals surface area contributed by atoms with E-state index in [-0.39, 0.29) is 11.6 Å². The lowest BCUT2D eigenvalue weighted by Crippen LogP contribution is -2.09. The molecule has 0 aliphatic heterocycles. The first-order valence-electron chi connectivity index (χ1n) is 5.69. The largest absolute Gasteiger partial charge is 0.292 e. The van der Waals surface area contributed by atoms with Crippen molar-refractivity contribution < 1.29 is 9.18 Å². The van der Waals surface area contributed by atoms with E-state index in [2.05, 4.69) is 0 Å². The number of benzene rings is 2. The van der Waals surface area contributed by atoms with Crippen molar-refractivity contribution in [2.45, 2.75) is 12.3 Å². The summed E-state index contributed by atoms with van der Waals surface area (Å²) >= 11 is 12.0. The summed E-state index contributed by atoms with van der Waals surface area (Å²) in [6.07, 6.45) is 0. The van der Waals surface area contributed by atoms with E-state index in [0.717, 1.165) is 5.56 Å². The van der Waals surface area contributed by atoms with Crippen molar-refractivity contribution in [2.75, 3.05) is 0 Å². The summed E-state index contributed by atoms with van der Waals surface area (Å²) in [6.45, 7) is 1.80. The third-order valence-electron chi connectivity index (χ3n) is 2.85. The normalized spacial score (nSPS) is 12.2. The maximum absolute atomic E-state index is 12.8. The van der Waals surface area contributed by atoms with Gasteiger partial charge in [-0.15, -0.1) is 11.6 Å². The van der Waals surface area contributed by atoms with Gasteiger partial charge in [0.25, 0.3) is 0 Å². The Balaban J connectivity index is 2.30. The summed E-state index contributed by atoms with van der Waals surface area (Å²) in [4.78, 5) is 12.3. The Hall–Kier alpha value is -1.38. The van der Waals surface area contributed by atoms with E-state index in [1.807, 2.05) is 0 Å². The molecule has 98 valence electrons. The zero-order valence-electron chi connectivity index (χ0n) is 10.2. The van der Waals surface area contributed by atoms with Crippen LogP contribution in [0.5, 0.6) is 0 Å². The number of carbonyl (C=O) groups excluding carboxylic acids is 1. The van der Waals surface area contributed by atoms with E-state index in [9.17, 15) is 9.18 Å². The zero-order valence-corrected chi connectivity index (χ0v) is 11.7. The van der Waals surface area contributed by atoms with Crippen molar-refractivity contribution in [2.24, 2.45) is 0 Å². The number of Topliss-reactive ketones (excluding diaryl/α,β-unsaturated/α-hetero) is 1. The molecular formula is C15H11Cl2FO. The molecule has 0 aliphatic rings. The van der Waals surface area contributed by atoms with Gasteiger partial charge in [0.2, 0.25) is 0 Å². The molecule has 1 unspecified atom stereocenters. The van der Waals surface area contributed by atoms with Gasteiger partial charge in [0, 0.05) is 10.6 Å². The van der Waals surface area contributed by atoms with E-state index in [1.165, 1.54) is 24.3 Å². The lowest BCUT2D eigenvalue weighted by Gasteiger charge is -2.11. The molecule has 2 aromatic carbocycles. The average molecular weight is 297 g/mol. The molecule has 0 aliphatic carbocycles. The summed E-state index contributed by atoms with van der Waals surface area (Å²) in [5.41, 5.74) is 1.86. The summed E-state index contributed by atoms with van der Waals surface area (Å²) in [6, 6.07) is 10.6. The van der Waals surface area contributed by atoms with Crippen molar-refractivity contribution >= 4 is 29.0 Å². The molecule has 0 aromatic heterocycles. The van der Waals surface area contributed by atoms with Crippen LogP contribution in [0.1, 0.15) is 26.9 Å². The third-order valence-corrected chi connectivity index (χ3v) is 3.53. The van der Waals surface area contributed by atoms with Crippen molar-refractivity contribution in [3.63, 3.8) is 0 Å². The van der Waals surface area contributed by atoms with Crippen molar-refractivity contribution in [1.29, 1.82) is 0 Å². The molecule has 0 bridgehead atoms. The number of hydrogen-bond donors (Lipinski definition) is 0. The van der Waals surface area contributed by atoms with E-state index < -0.39 is 5.38 Å². The van der Waals surface area contributed by atoms with Crippen LogP contribution >= 0.6 is 23.2 Å². The molecule has 4 heteroatoms. The third kappa shape index (κ3) is 3.14. The second-order valence-electron chi connectivity index (χ2n) is 4.24. The molecular weight excluding hydrogens is 286 g/mol. The molecule has 0 saturated heterocycles. The minimum Gasteiger partial charge on any atom is -0.292 e. The monoisotopic (exact) mass is 296 g/mol.